The second-order valence-electron chi connectivity index (χ2n) is 6.65. The Hall–Kier alpha value is -2.55. The van der Waals surface area contributed by atoms with Crippen molar-refractivity contribution in [2.45, 2.75) is 26.1 Å². The first kappa shape index (κ1) is 20.2. The first-order chi connectivity index (χ1) is 13.2. The van der Waals surface area contributed by atoms with E-state index in [0.29, 0.717) is 38.5 Å². The summed E-state index contributed by atoms with van der Waals surface area (Å²) in [5.41, 5.74) is 0.121. The van der Waals surface area contributed by atoms with Crippen LogP contribution in [0.15, 0.2) is 35.5 Å². The number of hydrogen-bond acceptors (Lipinski definition) is 3. The van der Waals surface area contributed by atoms with Crippen LogP contribution < -0.4 is 5.32 Å². The van der Waals surface area contributed by atoms with Crippen molar-refractivity contribution in [3.05, 3.63) is 46.7 Å². The fraction of sp³-hybridized carbons (Fsp3) is 0.474. The number of nitrogens with one attached hydrogen (secondary N) is 1. The van der Waals surface area contributed by atoms with E-state index >= 15 is 0 Å². The lowest BCUT2D eigenvalue weighted by Crippen LogP contribution is -2.51. The molecule has 3 rings (SSSR count). The number of halogens is 3. The molecule has 0 aliphatic carbocycles. The molecule has 1 N–H and O–H groups in total. The van der Waals surface area contributed by atoms with Gasteiger partial charge in [0.1, 0.15) is 0 Å². The van der Waals surface area contributed by atoms with Crippen LogP contribution in [0.2, 0.25) is 0 Å². The Bertz CT molecular complexity index is 801. The lowest BCUT2D eigenvalue weighted by molar-refractivity contribution is -0.137. The lowest BCUT2D eigenvalue weighted by atomic mass is 9.92. The Morgan fingerprint density at radius 3 is 2.57 bits per heavy atom. The van der Waals surface area contributed by atoms with Crippen LogP contribution in [0.25, 0.3) is 0 Å². The number of morpholine rings is 1. The number of carbonyl (C=O) groups is 2. The molecule has 1 atom stereocenters. The third-order valence-electron chi connectivity index (χ3n) is 4.99. The lowest BCUT2D eigenvalue weighted by Gasteiger charge is -2.38. The van der Waals surface area contributed by atoms with Crippen molar-refractivity contribution in [3.63, 3.8) is 0 Å². The second kappa shape index (κ2) is 7.83. The van der Waals surface area contributed by atoms with Gasteiger partial charge in [0, 0.05) is 25.3 Å². The molecule has 6 nitrogen and oxygen atoms in total. The van der Waals surface area contributed by atoms with E-state index in [4.69, 9.17) is 4.74 Å². The number of benzene rings is 1. The van der Waals surface area contributed by atoms with Crippen LogP contribution in [-0.2, 0) is 15.7 Å². The molecule has 1 saturated heterocycles. The molecule has 9 heteroatoms. The number of carbonyl (C=O) groups excluding carboxylic acids is 2. The summed E-state index contributed by atoms with van der Waals surface area (Å²) in [7, 11) is 0. The Labute approximate surface area is 160 Å². The number of amides is 3. The molecule has 0 saturated carbocycles. The number of urea groups is 1. The number of hydrogen-bond donors (Lipinski definition) is 1. The van der Waals surface area contributed by atoms with Crippen molar-refractivity contribution in [1.29, 1.82) is 0 Å². The molecule has 1 aromatic carbocycles. The molecule has 2 heterocycles. The molecule has 1 unspecified atom stereocenters. The predicted octanol–water partition coefficient (Wildman–Crippen LogP) is 2.92. The van der Waals surface area contributed by atoms with Gasteiger partial charge in [0.15, 0.2) is 0 Å². The van der Waals surface area contributed by atoms with Crippen LogP contribution >= 0.6 is 0 Å². The average molecular weight is 397 g/mol. The zero-order valence-electron chi connectivity index (χ0n) is 15.7. The summed E-state index contributed by atoms with van der Waals surface area (Å²) in [6, 6.07) is 3.32. The van der Waals surface area contributed by atoms with Crippen molar-refractivity contribution < 1.29 is 27.5 Å². The van der Waals surface area contributed by atoms with Gasteiger partial charge in [0.25, 0.3) is 5.91 Å². The number of ether oxygens (including phenoxy) is 1. The summed E-state index contributed by atoms with van der Waals surface area (Å²) in [6.45, 7) is 5.34. The third kappa shape index (κ3) is 3.84. The maximum atomic E-state index is 13.2. The predicted molar refractivity (Wildman–Crippen MR) is 95.2 cm³/mol. The summed E-state index contributed by atoms with van der Waals surface area (Å²) in [6.07, 6.45) is -4.52. The van der Waals surface area contributed by atoms with E-state index in [1.54, 1.807) is 18.7 Å². The van der Waals surface area contributed by atoms with Gasteiger partial charge in [-0.05, 0) is 31.5 Å². The molecule has 2 aliphatic heterocycles. The highest BCUT2D eigenvalue weighted by Gasteiger charge is 2.38. The minimum absolute atomic E-state index is 0.217. The molecule has 0 radical (unpaired) electrons. The molecule has 1 aromatic rings. The molecule has 152 valence electrons. The molecule has 28 heavy (non-hydrogen) atoms. The van der Waals surface area contributed by atoms with E-state index in [1.165, 1.54) is 17.0 Å². The molecule has 3 amide bonds. The molecule has 2 aliphatic rings. The molecule has 0 spiro atoms. The van der Waals surface area contributed by atoms with Crippen molar-refractivity contribution in [2.75, 3.05) is 32.8 Å². The Kier molecular flexibility index (Phi) is 5.64. The fourth-order valence-corrected chi connectivity index (χ4v) is 3.52. The highest BCUT2D eigenvalue weighted by molar-refractivity contribution is 5.98. The van der Waals surface area contributed by atoms with Crippen LogP contribution in [0, 0.1) is 0 Å². The molecular formula is C19H22F3N3O3. The van der Waals surface area contributed by atoms with Gasteiger partial charge in [-0.15, -0.1) is 0 Å². The van der Waals surface area contributed by atoms with Crippen LogP contribution in [0.1, 0.15) is 31.0 Å². The van der Waals surface area contributed by atoms with E-state index in [2.05, 4.69) is 5.32 Å². The Balaban J connectivity index is 2.06. The van der Waals surface area contributed by atoms with Gasteiger partial charge in [-0.3, -0.25) is 9.69 Å². The Morgan fingerprint density at radius 2 is 1.96 bits per heavy atom. The second-order valence-corrected chi connectivity index (χ2v) is 6.65. The first-order valence-corrected chi connectivity index (χ1v) is 9.07. The quantitative estimate of drug-likeness (QED) is 0.853. The van der Waals surface area contributed by atoms with Crippen molar-refractivity contribution in [3.8, 4) is 0 Å². The zero-order valence-corrected chi connectivity index (χ0v) is 15.7. The Morgan fingerprint density at radius 1 is 1.29 bits per heavy atom. The van der Waals surface area contributed by atoms with E-state index in [0.717, 1.165) is 12.1 Å². The zero-order chi connectivity index (χ0) is 20.5. The van der Waals surface area contributed by atoms with Crippen LogP contribution in [0.4, 0.5) is 18.0 Å². The van der Waals surface area contributed by atoms with Crippen LogP contribution in [-0.4, -0.2) is 54.6 Å². The van der Waals surface area contributed by atoms with E-state index in [-0.39, 0.29) is 17.0 Å². The van der Waals surface area contributed by atoms with Crippen molar-refractivity contribution >= 4 is 11.9 Å². The summed E-state index contributed by atoms with van der Waals surface area (Å²) >= 11 is 0. The van der Waals surface area contributed by atoms with Gasteiger partial charge in [-0.1, -0.05) is 12.1 Å². The summed E-state index contributed by atoms with van der Waals surface area (Å²) in [5.74, 6) is -0.304. The summed E-state index contributed by atoms with van der Waals surface area (Å²) in [5, 5.41) is 2.70. The summed E-state index contributed by atoms with van der Waals surface area (Å²) in [4.78, 5) is 28.7. The normalized spacial score (nSPS) is 21.0. The number of nitrogens with zero attached hydrogens (tertiary/aromatic N) is 2. The smallest absolute Gasteiger partial charge is 0.378 e. The van der Waals surface area contributed by atoms with Crippen LogP contribution in [0.5, 0.6) is 0 Å². The topological polar surface area (TPSA) is 61.9 Å². The highest BCUT2D eigenvalue weighted by atomic mass is 19.4. The minimum Gasteiger partial charge on any atom is -0.378 e. The van der Waals surface area contributed by atoms with Crippen molar-refractivity contribution in [1.82, 2.24) is 15.1 Å². The standard InChI is InChI=1S/C19H22F3N3O3/c1-3-25-12(2)15(17(26)24-7-9-28-10-8-24)16(23-18(25)27)13-5-4-6-14(11-13)19(20,21)22/h4-6,11,16H,3,7-10H2,1-2H3,(H,23,27). The molecule has 1 fully saturated rings. The van der Waals surface area contributed by atoms with Gasteiger partial charge in [0.2, 0.25) is 0 Å². The molecular weight excluding hydrogens is 375 g/mol. The van der Waals surface area contributed by atoms with Gasteiger partial charge < -0.3 is 15.0 Å². The number of allylic oxidation sites excluding steroid dienone is 1. The largest absolute Gasteiger partial charge is 0.416 e. The fourth-order valence-electron chi connectivity index (χ4n) is 3.52. The first-order valence-electron chi connectivity index (χ1n) is 9.07. The highest BCUT2D eigenvalue weighted by Crippen LogP contribution is 2.35. The van der Waals surface area contributed by atoms with Gasteiger partial charge >= 0.3 is 12.2 Å². The van der Waals surface area contributed by atoms with E-state index in [9.17, 15) is 22.8 Å². The summed E-state index contributed by atoms with van der Waals surface area (Å²) < 4.78 is 44.7. The van der Waals surface area contributed by atoms with Gasteiger partial charge in [0.05, 0.1) is 30.4 Å². The van der Waals surface area contributed by atoms with Gasteiger partial charge in [-0.25, -0.2) is 4.79 Å². The van der Waals surface area contributed by atoms with Crippen LogP contribution in [0.3, 0.4) is 0 Å². The maximum absolute atomic E-state index is 13.2. The number of alkyl halides is 3. The number of rotatable bonds is 3. The van der Waals surface area contributed by atoms with Gasteiger partial charge in [-0.2, -0.15) is 13.2 Å². The maximum Gasteiger partial charge on any atom is 0.416 e. The monoisotopic (exact) mass is 397 g/mol. The molecule has 0 aromatic heterocycles. The minimum atomic E-state index is -4.52. The molecule has 0 bridgehead atoms. The van der Waals surface area contributed by atoms with E-state index in [1.807, 2.05) is 0 Å². The SMILES string of the molecule is CCN1C(=O)NC(c2cccc(C(F)(F)F)c2)C(C(=O)N2CCOCC2)=C1C. The van der Waals surface area contributed by atoms with E-state index < -0.39 is 23.8 Å². The third-order valence-corrected chi connectivity index (χ3v) is 4.99. The van der Waals surface area contributed by atoms with Crippen molar-refractivity contribution in [2.24, 2.45) is 0 Å². The average Bonchev–Trinajstić information content (AvgIpc) is 2.67.